The molecule has 150 valence electrons. The predicted molar refractivity (Wildman–Crippen MR) is 124 cm³/mol. The third-order valence-corrected chi connectivity index (χ3v) is 4.92. The molecule has 1 heterocycles. The molecule has 0 bridgehead atoms. The van der Waals surface area contributed by atoms with Crippen LogP contribution in [0.25, 0.3) is 17.1 Å². The Labute approximate surface area is 180 Å². The summed E-state index contributed by atoms with van der Waals surface area (Å²) in [5.41, 5.74) is 3.19. The summed E-state index contributed by atoms with van der Waals surface area (Å²) in [5.74, 6) is 1.04. The van der Waals surface area contributed by atoms with Crippen LogP contribution in [-0.2, 0) is 17.8 Å². The normalized spacial score (nSPS) is 11.2. The van der Waals surface area contributed by atoms with Crippen molar-refractivity contribution in [2.45, 2.75) is 32.2 Å². The van der Waals surface area contributed by atoms with Gasteiger partial charge in [-0.25, -0.2) is 4.98 Å². The number of hydrogen-bond donors (Lipinski definition) is 1. The first-order valence-electron chi connectivity index (χ1n) is 9.92. The van der Waals surface area contributed by atoms with Gasteiger partial charge >= 0.3 is 0 Å². The minimum Gasteiger partial charge on any atom is -0.353 e. The molecule has 0 saturated carbocycles. The van der Waals surface area contributed by atoms with E-state index in [2.05, 4.69) is 38.5 Å². The van der Waals surface area contributed by atoms with E-state index in [1.54, 1.807) is 6.08 Å². The molecule has 0 aliphatic carbocycles. The molecule has 0 atom stereocenters. The summed E-state index contributed by atoms with van der Waals surface area (Å²) in [4.78, 5) is 16.7. The van der Waals surface area contributed by atoms with Gasteiger partial charge in [-0.15, -0.1) is 0 Å². The molecular weight excluding hydrogens is 426 g/mol. The summed E-state index contributed by atoms with van der Waals surface area (Å²) in [6.45, 7) is 5.38. The van der Waals surface area contributed by atoms with Gasteiger partial charge < -0.3 is 9.88 Å². The average molecular weight is 452 g/mol. The van der Waals surface area contributed by atoms with Crippen molar-refractivity contribution >= 4 is 38.9 Å². The lowest BCUT2D eigenvalue weighted by molar-refractivity contribution is -0.116. The number of carbonyl (C=O) groups is 1. The van der Waals surface area contributed by atoms with Crippen LogP contribution in [0.5, 0.6) is 0 Å². The Bertz CT molecular complexity index is 992. The molecule has 1 N–H and O–H groups in total. The van der Waals surface area contributed by atoms with Crippen molar-refractivity contribution in [2.75, 3.05) is 6.54 Å². The number of rotatable bonds is 10. The van der Waals surface area contributed by atoms with E-state index >= 15 is 0 Å². The molecule has 0 aliphatic rings. The number of amides is 1. The molecule has 0 spiro atoms. The zero-order valence-electron chi connectivity index (χ0n) is 16.5. The van der Waals surface area contributed by atoms with Crippen LogP contribution in [-0.4, -0.2) is 22.0 Å². The van der Waals surface area contributed by atoms with Crippen LogP contribution in [0, 0.1) is 0 Å². The zero-order valence-corrected chi connectivity index (χ0v) is 18.1. The SMILES string of the molecule is C=C(Br)Cn1c(CCCCCNC(=O)/C=C/c2ccccc2)nc2ccccc21. The van der Waals surface area contributed by atoms with E-state index in [1.807, 2.05) is 54.6 Å². The number of halogens is 1. The highest BCUT2D eigenvalue weighted by molar-refractivity contribution is 9.11. The molecule has 0 aliphatic heterocycles. The van der Waals surface area contributed by atoms with Crippen molar-refractivity contribution < 1.29 is 4.79 Å². The van der Waals surface area contributed by atoms with Gasteiger partial charge in [0.05, 0.1) is 17.6 Å². The third kappa shape index (κ3) is 6.43. The molecule has 0 fully saturated rings. The Morgan fingerprint density at radius 1 is 1.07 bits per heavy atom. The summed E-state index contributed by atoms with van der Waals surface area (Å²) < 4.78 is 3.16. The number of nitrogens with one attached hydrogen (secondary N) is 1. The Balaban J connectivity index is 1.42. The van der Waals surface area contributed by atoms with E-state index < -0.39 is 0 Å². The summed E-state index contributed by atoms with van der Waals surface area (Å²) in [5, 5.41) is 2.95. The fourth-order valence-electron chi connectivity index (χ4n) is 3.26. The van der Waals surface area contributed by atoms with E-state index in [4.69, 9.17) is 4.98 Å². The number of benzene rings is 2. The number of imidazole rings is 1. The van der Waals surface area contributed by atoms with E-state index in [9.17, 15) is 4.79 Å². The average Bonchev–Trinajstić information content (AvgIpc) is 3.06. The third-order valence-electron chi connectivity index (χ3n) is 4.67. The van der Waals surface area contributed by atoms with E-state index in [1.165, 1.54) is 0 Å². The number of nitrogens with zero attached hydrogens (tertiary/aromatic N) is 2. The number of para-hydroxylation sites is 2. The van der Waals surface area contributed by atoms with Crippen LogP contribution in [0.3, 0.4) is 0 Å². The summed E-state index contributed by atoms with van der Waals surface area (Å²) in [6.07, 6.45) is 7.37. The lowest BCUT2D eigenvalue weighted by Gasteiger charge is -2.08. The van der Waals surface area contributed by atoms with Crippen LogP contribution >= 0.6 is 15.9 Å². The Morgan fingerprint density at radius 2 is 1.83 bits per heavy atom. The van der Waals surface area contributed by atoms with Crippen molar-refractivity contribution in [3.63, 3.8) is 0 Å². The monoisotopic (exact) mass is 451 g/mol. The molecular formula is C24H26BrN3O. The first-order valence-corrected chi connectivity index (χ1v) is 10.7. The van der Waals surface area contributed by atoms with E-state index in [0.29, 0.717) is 6.54 Å². The zero-order chi connectivity index (χ0) is 20.5. The highest BCUT2D eigenvalue weighted by Crippen LogP contribution is 2.20. The Kier molecular flexibility index (Phi) is 7.82. The van der Waals surface area contributed by atoms with E-state index in [0.717, 1.165) is 59.1 Å². The number of unbranched alkanes of at least 4 members (excludes halogenated alkanes) is 2. The van der Waals surface area contributed by atoms with Gasteiger partial charge in [0.15, 0.2) is 0 Å². The standard InChI is InChI=1S/C24H26BrN3O/c1-19(25)18-28-22-13-8-7-12-21(22)27-23(28)14-6-3-9-17-26-24(29)16-15-20-10-4-2-5-11-20/h2,4-5,7-8,10-13,15-16H,1,3,6,9,14,17-18H2,(H,26,29)/b16-15+. The second kappa shape index (κ2) is 10.8. The van der Waals surface area contributed by atoms with Gasteiger partial charge in [0.2, 0.25) is 5.91 Å². The lowest BCUT2D eigenvalue weighted by Crippen LogP contribution is -2.22. The van der Waals surface area contributed by atoms with Crippen molar-refractivity contribution in [1.82, 2.24) is 14.9 Å². The van der Waals surface area contributed by atoms with Crippen LogP contribution in [0.2, 0.25) is 0 Å². The summed E-state index contributed by atoms with van der Waals surface area (Å²) >= 11 is 3.47. The number of aromatic nitrogens is 2. The van der Waals surface area contributed by atoms with Gasteiger partial charge in [0.25, 0.3) is 0 Å². The topological polar surface area (TPSA) is 46.9 Å². The first-order chi connectivity index (χ1) is 14.1. The fraction of sp³-hybridized carbons (Fsp3) is 0.250. The molecule has 1 amide bonds. The van der Waals surface area contributed by atoms with Crippen LogP contribution in [0.1, 0.15) is 30.7 Å². The second-order valence-electron chi connectivity index (χ2n) is 6.97. The predicted octanol–water partition coefficient (Wildman–Crippen LogP) is 5.49. The first kappa shape index (κ1) is 21.1. The smallest absolute Gasteiger partial charge is 0.243 e. The molecule has 0 radical (unpaired) electrons. The molecule has 5 heteroatoms. The maximum atomic E-state index is 11.9. The van der Waals surface area contributed by atoms with Crippen molar-refractivity contribution in [3.8, 4) is 0 Å². The number of allylic oxidation sites excluding steroid dienone is 1. The molecule has 4 nitrogen and oxygen atoms in total. The molecule has 3 aromatic rings. The van der Waals surface area contributed by atoms with Gasteiger partial charge in [0, 0.05) is 23.5 Å². The fourth-order valence-corrected chi connectivity index (χ4v) is 3.51. The highest BCUT2D eigenvalue weighted by atomic mass is 79.9. The van der Waals surface area contributed by atoms with Gasteiger partial charge in [-0.05, 0) is 36.6 Å². The van der Waals surface area contributed by atoms with Crippen LogP contribution in [0.15, 0.2) is 71.7 Å². The van der Waals surface area contributed by atoms with Crippen molar-refractivity contribution in [3.05, 3.63) is 83.1 Å². The molecule has 29 heavy (non-hydrogen) atoms. The second-order valence-corrected chi connectivity index (χ2v) is 8.09. The molecule has 0 saturated heterocycles. The lowest BCUT2D eigenvalue weighted by atomic mass is 10.2. The van der Waals surface area contributed by atoms with Gasteiger partial charge in [-0.1, -0.05) is 71.4 Å². The Morgan fingerprint density at radius 3 is 2.62 bits per heavy atom. The largest absolute Gasteiger partial charge is 0.353 e. The summed E-state index contributed by atoms with van der Waals surface area (Å²) in [7, 11) is 0. The van der Waals surface area contributed by atoms with Gasteiger partial charge in [0.1, 0.15) is 5.82 Å². The molecule has 3 rings (SSSR count). The van der Waals surface area contributed by atoms with Gasteiger partial charge in [-0.2, -0.15) is 0 Å². The Hall–Kier alpha value is -2.66. The van der Waals surface area contributed by atoms with Crippen LogP contribution < -0.4 is 5.32 Å². The van der Waals surface area contributed by atoms with Crippen molar-refractivity contribution in [1.29, 1.82) is 0 Å². The van der Waals surface area contributed by atoms with E-state index in [-0.39, 0.29) is 5.91 Å². The quantitative estimate of drug-likeness (QED) is 0.327. The molecule has 2 aromatic carbocycles. The molecule has 0 unspecified atom stereocenters. The minimum absolute atomic E-state index is 0.0496. The maximum Gasteiger partial charge on any atom is 0.243 e. The summed E-state index contributed by atoms with van der Waals surface area (Å²) in [6, 6.07) is 18.0. The van der Waals surface area contributed by atoms with Crippen LogP contribution in [0.4, 0.5) is 0 Å². The number of aryl methyl sites for hydroxylation is 1. The molecule has 1 aromatic heterocycles. The highest BCUT2D eigenvalue weighted by Gasteiger charge is 2.10. The number of fused-ring (bicyclic) bond motifs is 1. The van der Waals surface area contributed by atoms with Crippen molar-refractivity contribution in [2.24, 2.45) is 0 Å². The minimum atomic E-state index is -0.0496. The van der Waals surface area contributed by atoms with Gasteiger partial charge in [-0.3, -0.25) is 4.79 Å². The number of carbonyl (C=O) groups excluding carboxylic acids is 1. The number of hydrogen-bond acceptors (Lipinski definition) is 2. The maximum absolute atomic E-state index is 11.9.